The van der Waals surface area contributed by atoms with Crippen molar-refractivity contribution in [2.24, 2.45) is 11.7 Å². The molecule has 2 aliphatic rings. The van der Waals surface area contributed by atoms with E-state index < -0.39 is 12.0 Å². The van der Waals surface area contributed by atoms with Gasteiger partial charge in [-0.05, 0) is 74.4 Å². The van der Waals surface area contributed by atoms with Crippen molar-refractivity contribution < 1.29 is 14.3 Å². The van der Waals surface area contributed by atoms with Crippen LogP contribution in [0.15, 0.2) is 18.2 Å². The number of amides is 1. The van der Waals surface area contributed by atoms with Crippen molar-refractivity contribution in [3.8, 4) is 0 Å². The van der Waals surface area contributed by atoms with Crippen molar-refractivity contribution in [2.75, 3.05) is 13.1 Å². The lowest BCUT2D eigenvalue weighted by Gasteiger charge is -2.40. The van der Waals surface area contributed by atoms with E-state index in [2.05, 4.69) is 4.90 Å². The zero-order valence-electron chi connectivity index (χ0n) is 12.7. The Bertz CT molecular complexity index is 556. The number of aliphatic hydroxyl groups excluding tert-OH is 1. The van der Waals surface area contributed by atoms with Gasteiger partial charge in [0.25, 0.3) is 0 Å². The highest BCUT2D eigenvalue weighted by molar-refractivity contribution is 5.78. The van der Waals surface area contributed by atoms with Gasteiger partial charge in [0.1, 0.15) is 11.9 Å². The number of halogens is 1. The lowest BCUT2D eigenvalue weighted by atomic mass is 9.84. The summed E-state index contributed by atoms with van der Waals surface area (Å²) in [6.45, 7) is 1.63. The van der Waals surface area contributed by atoms with E-state index >= 15 is 0 Å². The molecule has 5 heteroatoms. The van der Waals surface area contributed by atoms with Crippen LogP contribution in [0.5, 0.6) is 0 Å². The van der Waals surface area contributed by atoms with E-state index in [1.165, 1.54) is 11.6 Å². The number of nitrogens with two attached hydrogens (primary N) is 1. The maximum atomic E-state index is 13.6. The van der Waals surface area contributed by atoms with Crippen LogP contribution in [0.25, 0.3) is 0 Å². The van der Waals surface area contributed by atoms with Gasteiger partial charge in [-0.1, -0.05) is 6.07 Å². The van der Waals surface area contributed by atoms with E-state index in [9.17, 15) is 14.3 Å². The minimum absolute atomic E-state index is 0.0516. The second-order valence-electron chi connectivity index (χ2n) is 6.47. The van der Waals surface area contributed by atoms with Crippen molar-refractivity contribution in [2.45, 2.75) is 44.2 Å². The molecule has 120 valence electrons. The molecule has 22 heavy (non-hydrogen) atoms. The van der Waals surface area contributed by atoms with Gasteiger partial charge in [0.2, 0.25) is 5.91 Å². The van der Waals surface area contributed by atoms with Gasteiger partial charge in [-0.2, -0.15) is 0 Å². The largest absolute Gasteiger partial charge is 0.383 e. The Hall–Kier alpha value is -1.46. The molecule has 1 aromatic carbocycles. The average molecular weight is 306 g/mol. The molecule has 3 N–H and O–H groups in total. The highest BCUT2D eigenvalue weighted by Gasteiger charge is 2.33. The van der Waals surface area contributed by atoms with Crippen LogP contribution in [0.1, 0.15) is 42.9 Å². The topological polar surface area (TPSA) is 66.6 Å². The molecule has 1 aliphatic carbocycles. The number of likely N-dealkylation sites (tertiary alicyclic amines) is 1. The summed E-state index contributed by atoms with van der Waals surface area (Å²) < 4.78 is 13.6. The Morgan fingerprint density at radius 2 is 2.05 bits per heavy atom. The van der Waals surface area contributed by atoms with Crippen LogP contribution >= 0.6 is 0 Å². The molecule has 1 fully saturated rings. The first-order valence-electron chi connectivity index (χ1n) is 8.06. The standard InChI is InChI=1S/C17H23FN2O2/c18-13-5-4-11-2-1-3-15(14(11)10-13)20-8-6-12(7-9-20)16(21)17(19)22/h4-5,10,12,15-16,21H,1-3,6-9H2,(H2,19,22). The van der Waals surface area contributed by atoms with Gasteiger partial charge in [-0.15, -0.1) is 0 Å². The summed E-state index contributed by atoms with van der Waals surface area (Å²) in [6, 6.07) is 5.37. The van der Waals surface area contributed by atoms with E-state index in [1.807, 2.05) is 6.07 Å². The van der Waals surface area contributed by atoms with Crippen molar-refractivity contribution in [3.05, 3.63) is 35.1 Å². The lowest BCUT2D eigenvalue weighted by Crippen LogP contribution is -2.44. The lowest BCUT2D eigenvalue weighted by molar-refractivity contribution is -0.129. The zero-order chi connectivity index (χ0) is 15.7. The molecular formula is C17H23FN2O2. The van der Waals surface area contributed by atoms with E-state index in [1.54, 1.807) is 6.07 Å². The van der Waals surface area contributed by atoms with Gasteiger partial charge < -0.3 is 10.8 Å². The van der Waals surface area contributed by atoms with Crippen molar-refractivity contribution in [3.63, 3.8) is 0 Å². The molecule has 0 spiro atoms. The number of hydrogen-bond donors (Lipinski definition) is 2. The number of hydrogen-bond acceptors (Lipinski definition) is 3. The molecule has 1 aliphatic heterocycles. The molecule has 4 nitrogen and oxygen atoms in total. The first-order chi connectivity index (χ1) is 10.6. The molecule has 1 heterocycles. The number of rotatable bonds is 3. The Labute approximate surface area is 130 Å². The molecular weight excluding hydrogens is 283 g/mol. The van der Waals surface area contributed by atoms with Crippen LogP contribution in [0.4, 0.5) is 4.39 Å². The quantitative estimate of drug-likeness (QED) is 0.894. The predicted molar refractivity (Wildman–Crippen MR) is 81.6 cm³/mol. The summed E-state index contributed by atoms with van der Waals surface area (Å²) in [6.07, 6.45) is 3.64. The summed E-state index contributed by atoms with van der Waals surface area (Å²) in [5.41, 5.74) is 7.54. The van der Waals surface area contributed by atoms with Crippen LogP contribution in [0.2, 0.25) is 0 Å². The predicted octanol–water partition coefficient (Wildman–Crippen LogP) is 1.76. The summed E-state index contributed by atoms with van der Waals surface area (Å²) in [5, 5.41) is 9.80. The third-order valence-corrected chi connectivity index (χ3v) is 5.14. The minimum atomic E-state index is -1.04. The monoisotopic (exact) mass is 306 g/mol. The van der Waals surface area contributed by atoms with Crippen molar-refractivity contribution >= 4 is 5.91 Å². The number of fused-ring (bicyclic) bond motifs is 1. The number of carbonyl (C=O) groups is 1. The number of aliphatic hydroxyl groups is 1. The van der Waals surface area contributed by atoms with E-state index in [-0.39, 0.29) is 17.8 Å². The first-order valence-corrected chi connectivity index (χ1v) is 8.06. The summed E-state index contributed by atoms with van der Waals surface area (Å²) in [4.78, 5) is 13.5. The molecule has 0 aromatic heterocycles. The van der Waals surface area contributed by atoms with Crippen molar-refractivity contribution in [1.29, 1.82) is 0 Å². The number of primary amides is 1. The molecule has 0 saturated carbocycles. The SMILES string of the molecule is NC(=O)C(O)C1CCN(C2CCCc3ccc(F)cc32)CC1. The van der Waals surface area contributed by atoms with E-state index in [0.717, 1.165) is 50.8 Å². The third-order valence-electron chi connectivity index (χ3n) is 5.14. The molecule has 2 atom stereocenters. The number of piperidine rings is 1. The highest BCUT2D eigenvalue weighted by atomic mass is 19.1. The zero-order valence-corrected chi connectivity index (χ0v) is 12.7. The Morgan fingerprint density at radius 1 is 1.32 bits per heavy atom. The van der Waals surface area contributed by atoms with Gasteiger partial charge in [0.05, 0.1) is 0 Å². The fraction of sp³-hybridized carbons (Fsp3) is 0.588. The molecule has 1 amide bonds. The molecule has 0 bridgehead atoms. The van der Waals surface area contributed by atoms with Crippen molar-refractivity contribution in [1.82, 2.24) is 4.90 Å². The van der Waals surface area contributed by atoms with E-state index in [0.29, 0.717) is 0 Å². The maximum Gasteiger partial charge on any atom is 0.246 e. The highest BCUT2D eigenvalue weighted by Crippen LogP contribution is 2.37. The maximum absolute atomic E-state index is 13.6. The second kappa shape index (κ2) is 6.34. The molecule has 0 radical (unpaired) electrons. The molecule has 2 unspecified atom stereocenters. The average Bonchev–Trinajstić information content (AvgIpc) is 2.53. The fourth-order valence-electron chi connectivity index (χ4n) is 3.90. The Kier molecular flexibility index (Phi) is 4.45. The van der Waals surface area contributed by atoms with Gasteiger partial charge >= 0.3 is 0 Å². The summed E-state index contributed by atoms with van der Waals surface area (Å²) in [7, 11) is 0. The van der Waals surface area contributed by atoms with Crippen LogP contribution in [0, 0.1) is 11.7 Å². The Balaban J connectivity index is 1.70. The van der Waals surface area contributed by atoms with Crippen LogP contribution in [0.3, 0.4) is 0 Å². The first kappa shape index (κ1) is 15.4. The summed E-state index contributed by atoms with van der Waals surface area (Å²) in [5.74, 6) is -0.863. The molecule has 3 rings (SSSR count). The molecule has 1 aromatic rings. The summed E-state index contributed by atoms with van der Waals surface area (Å²) >= 11 is 0. The van der Waals surface area contributed by atoms with Gasteiger partial charge in [0, 0.05) is 6.04 Å². The fourth-order valence-corrected chi connectivity index (χ4v) is 3.90. The third kappa shape index (κ3) is 3.01. The van der Waals surface area contributed by atoms with Crippen LogP contribution < -0.4 is 5.73 Å². The Morgan fingerprint density at radius 3 is 2.73 bits per heavy atom. The van der Waals surface area contributed by atoms with Gasteiger partial charge in [-0.3, -0.25) is 9.69 Å². The number of nitrogens with zero attached hydrogens (tertiary/aromatic N) is 1. The smallest absolute Gasteiger partial charge is 0.246 e. The number of carbonyl (C=O) groups excluding carboxylic acids is 1. The number of aryl methyl sites for hydroxylation is 1. The van der Waals surface area contributed by atoms with Crippen LogP contribution in [-0.2, 0) is 11.2 Å². The second-order valence-corrected chi connectivity index (χ2v) is 6.47. The van der Waals surface area contributed by atoms with Gasteiger partial charge in [0.15, 0.2) is 0 Å². The van der Waals surface area contributed by atoms with E-state index in [4.69, 9.17) is 5.73 Å². The normalized spacial score (nSPS) is 24.7. The van der Waals surface area contributed by atoms with Crippen LogP contribution in [-0.4, -0.2) is 35.1 Å². The number of benzene rings is 1. The minimum Gasteiger partial charge on any atom is -0.383 e. The molecule has 1 saturated heterocycles. The van der Waals surface area contributed by atoms with Gasteiger partial charge in [-0.25, -0.2) is 4.39 Å².